The normalized spacial score (nSPS) is 24.5. The largest absolute Gasteiger partial charge is 0.369 e. The van der Waals surface area contributed by atoms with Crippen LogP contribution in [0, 0.1) is 0 Å². The zero-order valence-corrected chi connectivity index (χ0v) is 18.2. The van der Waals surface area contributed by atoms with E-state index in [1.54, 1.807) is 29.2 Å². The standard InChI is InChI=1S/C26H28N2O4/c29-23-17-11-13-19-22-20(26(32)28(25(19)31)16-9-5-2-6-10-16)14-12-18(21(17)22)24(30)27(23)15-7-3-1-4-8-15/h11-16,23,29H,1-10H2. The number of carbonyl (C=O) groups is 3. The van der Waals surface area contributed by atoms with Crippen molar-refractivity contribution in [2.45, 2.75) is 82.5 Å². The zero-order chi connectivity index (χ0) is 22.0. The molecule has 166 valence electrons. The fourth-order valence-corrected chi connectivity index (χ4v) is 6.42. The van der Waals surface area contributed by atoms with Crippen LogP contribution in [0.1, 0.15) is 107 Å². The number of carbonyl (C=O) groups excluding carboxylic acids is 3. The van der Waals surface area contributed by atoms with Crippen LogP contribution in [0.3, 0.4) is 0 Å². The number of nitrogens with zero attached hydrogens (tertiary/aromatic N) is 2. The summed E-state index contributed by atoms with van der Waals surface area (Å²) in [5.41, 5.74) is 2.05. The molecule has 6 heteroatoms. The van der Waals surface area contributed by atoms with E-state index in [1.807, 2.05) is 0 Å². The molecular formula is C26H28N2O4. The lowest BCUT2D eigenvalue weighted by Gasteiger charge is -2.42. The number of aliphatic hydroxyl groups is 1. The third-order valence-corrected chi connectivity index (χ3v) is 8.01. The molecule has 0 radical (unpaired) electrons. The Hall–Kier alpha value is -2.73. The average molecular weight is 433 g/mol. The van der Waals surface area contributed by atoms with E-state index in [9.17, 15) is 19.5 Å². The minimum atomic E-state index is -1.05. The maximum Gasteiger partial charge on any atom is 0.261 e. The summed E-state index contributed by atoms with van der Waals surface area (Å²) < 4.78 is 0. The minimum absolute atomic E-state index is 0.0202. The van der Waals surface area contributed by atoms with Gasteiger partial charge in [-0.1, -0.05) is 44.6 Å². The average Bonchev–Trinajstić information content (AvgIpc) is 2.83. The Bertz CT molecular complexity index is 1120. The van der Waals surface area contributed by atoms with E-state index < -0.39 is 6.23 Å². The molecule has 3 amide bonds. The molecule has 2 heterocycles. The van der Waals surface area contributed by atoms with Crippen LogP contribution in [0.15, 0.2) is 24.3 Å². The smallest absolute Gasteiger partial charge is 0.261 e. The van der Waals surface area contributed by atoms with Gasteiger partial charge in [0.2, 0.25) is 0 Å². The molecule has 0 bridgehead atoms. The first-order chi connectivity index (χ1) is 15.6. The molecule has 2 saturated carbocycles. The lowest BCUT2D eigenvalue weighted by Crippen LogP contribution is -2.49. The molecule has 6 nitrogen and oxygen atoms in total. The van der Waals surface area contributed by atoms with E-state index in [2.05, 4.69) is 0 Å². The number of rotatable bonds is 2. The molecule has 0 spiro atoms. The van der Waals surface area contributed by atoms with E-state index in [-0.39, 0.29) is 29.8 Å². The fourth-order valence-electron chi connectivity index (χ4n) is 6.42. The number of amides is 3. The lowest BCUT2D eigenvalue weighted by atomic mass is 9.83. The van der Waals surface area contributed by atoms with Gasteiger partial charge in [0, 0.05) is 45.1 Å². The van der Waals surface area contributed by atoms with Crippen molar-refractivity contribution < 1.29 is 19.5 Å². The van der Waals surface area contributed by atoms with Crippen molar-refractivity contribution in [2.75, 3.05) is 0 Å². The number of hydrogen-bond donors (Lipinski definition) is 1. The maximum atomic E-state index is 13.5. The van der Waals surface area contributed by atoms with Crippen molar-refractivity contribution in [3.8, 4) is 0 Å². The number of imide groups is 1. The van der Waals surface area contributed by atoms with Crippen molar-refractivity contribution in [1.29, 1.82) is 0 Å². The minimum Gasteiger partial charge on any atom is -0.369 e. The maximum absolute atomic E-state index is 13.5. The molecule has 0 aromatic heterocycles. The van der Waals surface area contributed by atoms with Crippen molar-refractivity contribution in [2.24, 2.45) is 0 Å². The Morgan fingerprint density at radius 1 is 0.625 bits per heavy atom. The lowest BCUT2D eigenvalue weighted by molar-refractivity contribution is -0.0228. The van der Waals surface area contributed by atoms with Gasteiger partial charge < -0.3 is 10.0 Å². The van der Waals surface area contributed by atoms with Crippen LogP contribution in [-0.4, -0.2) is 44.7 Å². The summed E-state index contributed by atoms with van der Waals surface area (Å²) >= 11 is 0. The third-order valence-electron chi connectivity index (χ3n) is 8.01. The van der Waals surface area contributed by atoms with Gasteiger partial charge in [0.15, 0.2) is 6.23 Å². The summed E-state index contributed by atoms with van der Waals surface area (Å²) in [6.07, 6.45) is 8.90. The summed E-state index contributed by atoms with van der Waals surface area (Å²) in [6, 6.07) is 6.92. The summed E-state index contributed by atoms with van der Waals surface area (Å²) in [7, 11) is 0. The first kappa shape index (κ1) is 19.9. The molecule has 4 aliphatic rings. The van der Waals surface area contributed by atoms with Crippen molar-refractivity contribution in [1.82, 2.24) is 9.80 Å². The Kier molecular flexibility index (Phi) is 4.61. The second kappa shape index (κ2) is 7.41. The second-order valence-electron chi connectivity index (χ2n) is 9.76. The quantitative estimate of drug-likeness (QED) is 0.707. The van der Waals surface area contributed by atoms with E-state index in [1.165, 1.54) is 4.90 Å². The van der Waals surface area contributed by atoms with Gasteiger partial charge in [-0.15, -0.1) is 0 Å². The van der Waals surface area contributed by atoms with E-state index in [4.69, 9.17) is 0 Å². The number of aliphatic hydroxyl groups excluding tert-OH is 1. The molecular weight excluding hydrogens is 404 g/mol. The molecule has 1 N–H and O–H groups in total. The van der Waals surface area contributed by atoms with Gasteiger partial charge in [-0.3, -0.25) is 19.3 Å². The SMILES string of the molecule is O=C1c2ccc3c4c(ccc(c24)C(=O)N1C1CCCCC1)C(O)N(C1CCCCC1)C3=O. The van der Waals surface area contributed by atoms with Gasteiger partial charge >= 0.3 is 0 Å². The number of hydrogen-bond acceptors (Lipinski definition) is 4. The van der Waals surface area contributed by atoms with Crippen LogP contribution in [0.25, 0.3) is 10.8 Å². The van der Waals surface area contributed by atoms with Gasteiger partial charge in [0.1, 0.15) is 0 Å². The van der Waals surface area contributed by atoms with Gasteiger partial charge in [-0.2, -0.15) is 0 Å². The van der Waals surface area contributed by atoms with E-state index in [0.29, 0.717) is 33.0 Å². The molecule has 1 unspecified atom stereocenters. The van der Waals surface area contributed by atoms with Gasteiger partial charge in [-0.05, 0) is 43.9 Å². The summed E-state index contributed by atoms with van der Waals surface area (Å²) in [5.74, 6) is -0.736. The molecule has 32 heavy (non-hydrogen) atoms. The molecule has 0 saturated heterocycles. The van der Waals surface area contributed by atoms with E-state index >= 15 is 0 Å². The van der Waals surface area contributed by atoms with Crippen LogP contribution >= 0.6 is 0 Å². The Morgan fingerprint density at radius 2 is 1.12 bits per heavy atom. The van der Waals surface area contributed by atoms with Crippen LogP contribution in [0.4, 0.5) is 0 Å². The Morgan fingerprint density at radius 3 is 1.72 bits per heavy atom. The van der Waals surface area contributed by atoms with Crippen LogP contribution < -0.4 is 0 Å². The van der Waals surface area contributed by atoms with E-state index in [0.717, 1.165) is 64.2 Å². The second-order valence-corrected chi connectivity index (χ2v) is 9.76. The van der Waals surface area contributed by atoms with Crippen molar-refractivity contribution in [3.63, 3.8) is 0 Å². The summed E-state index contributed by atoms with van der Waals surface area (Å²) in [5, 5.41) is 12.4. The third kappa shape index (κ3) is 2.71. The molecule has 2 aliphatic carbocycles. The molecule has 2 aromatic carbocycles. The van der Waals surface area contributed by atoms with Crippen molar-refractivity contribution >= 4 is 28.5 Å². The molecule has 2 aliphatic heterocycles. The molecule has 2 aromatic rings. The van der Waals surface area contributed by atoms with Crippen molar-refractivity contribution in [3.05, 3.63) is 46.5 Å². The highest BCUT2D eigenvalue weighted by molar-refractivity contribution is 6.28. The first-order valence-electron chi connectivity index (χ1n) is 12.1. The highest BCUT2D eigenvalue weighted by Crippen LogP contribution is 2.43. The Balaban J connectivity index is 1.49. The fraction of sp³-hybridized carbons (Fsp3) is 0.500. The number of benzene rings is 2. The highest BCUT2D eigenvalue weighted by atomic mass is 16.3. The predicted octanol–water partition coefficient (Wildman–Crippen LogP) is 4.55. The highest BCUT2D eigenvalue weighted by Gasteiger charge is 2.43. The molecule has 1 atom stereocenters. The van der Waals surface area contributed by atoms with Gasteiger partial charge in [0.25, 0.3) is 17.7 Å². The topological polar surface area (TPSA) is 77.9 Å². The predicted molar refractivity (Wildman–Crippen MR) is 119 cm³/mol. The zero-order valence-electron chi connectivity index (χ0n) is 18.2. The first-order valence-corrected chi connectivity index (χ1v) is 12.1. The molecule has 6 rings (SSSR count). The van der Waals surface area contributed by atoms with Crippen LogP contribution in [0.5, 0.6) is 0 Å². The summed E-state index contributed by atoms with van der Waals surface area (Å²) in [4.78, 5) is 43.5. The summed E-state index contributed by atoms with van der Waals surface area (Å²) in [6.45, 7) is 0. The Labute approximate surface area is 187 Å². The van der Waals surface area contributed by atoms with Gasteiger partial charge in [0.05, 0.1) is 0 Å². The monoisotopic (exact) mass is 432 g/mol. The van der Waals surface area contributed by atoms with Crippen LogP contribution in [-0.2, 0) is 0 Å². The molecule has 2 fully saturated rings. The van der Waals surface area contributed by atoms with Gasteiger partial charge in [-0.25, -0.2) is 0 Å². The van der Waals surface area contributed by atoms with Crippen LogP contribution in [0.2, 0.25) is 0 Å².